The van der Waals surface area contributed by atoms with Gasteiger partial charge in [-0.05, 0) is 53.9 Å². The van der Waals surface area contributed by atoms with E-state index >= 15 is 0 Å². The quantitative estimate of drug-likeness (QED) is 0.0145. The first-order valence-electron chi connectivity index (χ1n) is 22.7. The number of hydrogen-bond acceptors (Lipinski definition) is 20. The van der Waals surface area contributed by atoms with Crippen molar-refractivity contribution in [1.29, 1.82) is 0 Å². The van der Waals surface area contributed by atoms with Crippen LogP contribution in [0.25, 0.3) is 33.4 Å². The molecule has 2 aliphatic heterocycles. The van der Waals surface area contributed by atoms with Crippen molar-refractivity contribution in [1.82, 2.24) is 14.9 Å². The van der Waals surface area contributed by atoms with Crippen molar-refractivity contribution in [2.75, 3.05) is 27.4 Å². The fourth-order valence-electron chi connectivity index (χ4n) is 8.25. The SMILES string of the molecule is COc1cc2c(-c3cc(C(=O)NCC#Cc4ccc(C(OCc5cn([C@H]6C[C@H](O)[C@@H](COP(=O)(O)OP(=O)(O)OP(=O)(O)O)O6)c(=O)[nH]c5=O)C(C)C)c([N+](=O)[O-])c4)ccc3C(=O)O)c3cc(OC)c(=O)c(Cl)c-3oc2c(Cl)c1O. The number of halogens is 2. The molecule has 426 valence electrons. The summed E-state index contributed by atoms with van der Waals surface area (Å²) in [4.78, 5) is 116. The molecule has 0 bridgehead atoms. The van der Waals surface area contributed by atoms with Crippen LogP contribution in [0.4, 0.5) is 5.69 Å². The molecule has 0 saturated carbocycles. The van der Waals surface area contributed by atoms with Gasteiger partial charge in [0.25, 0.3) is 17.2 Å². The Hall–Kier alpha value is -6.80. The summed E-state index contributed by atoms with van der Waals surface area (Å²) >= 11 is 13.0. The third kappa shape index (κ3) is 13.5. The van der Waals surface area contributed by atoms with Crippen LogP contribution in [0.1, 0.15) is 70.0 Å². The maximum absolute atomic E-state index is 13.7. The molecule has 3 unspecified atom stereocenters. The summed E-state index contributed by atoms with van der Waals surface area (Å²) in [5.41, 5.74) is -3.88. The average Bonchev–Trinajstić information content (AvgIpc) is 3.74. The molecule has 3 aliphatic rings. The van der Waals surface area contributed by atoms with Gasteiger partial charge >= 0.3 is 35.1 Å². The third-order valence-corrected chi connectivity index (χ3v) is 16.3. The Morgan fingerprint density at radius 1 is 0.963 bits per heavy atom. The summed E-state index contributed by atoms with van der Waals surface area (Å²) in [6.45, 7) is 1.38. The van der Waals surface area contributed by atoms with Crippen LogP contribution in [0.15, 0.2) is 73.5 Å². The van der Waals surface area contributed by atoms with Gasteiger partial charge in [-0.3, -0.25) is 38.6 Å². The number of aromatic amines is 1. The Bertz CT molecular complexity index is 3850. The number of phosphoric acid groups is 3. The van der Waals surface area contributed by atoms with Gasteiger partial charge in [-0.25, -0.2) is 23.3 Å². The van der Waals surface area contributed by atoms with Crippen molar-refractivity contribution in [2.24, 2.45) is 5.92 Å². The fraction of sp³-hybridized carbons (Fsp3) is 0.283. The van der Waals surface area contributed by atoms with Gasteiger partial charge < -0.3 is 63.6 Å². The van der Waals surface area contributed by atoms with Crippen LogP contribution in [0.2, 0.25) is 10.0 Å². The largest absolute Gasteiger partial charge is 0.503 e. The first-order chi connectivity index (χ1) is 37.4. The molecule has 7 rings (SSSR count). The molecule has 1 fully saturated rings. The van der Waals surface area contributed by atoms with Gasteiger partial charge in [-0.2, -0.15) is 8.62 Å². The number of hydrogen-bond donors (Lipinski definition) is 9. The summed E-state index contributed by atoms with van der Waals surface area (Å²) in [7, 11) is -14.7. The molecular weight excluding hydrogens is 1170 g/mol. The van der Waals surface area contributed by atoms with Crippen molar-refractivity contribution in [2.45, 2.75) is 51.4 Å². The molecule has 3 aromatic carbocycles. The van der Waals surface area contributed by atoms with Gasteiger partial charge in [-0.15, -0.1) is 0 Å². The van der Waals surface area contributed by atoms with E-state index in [9.17, 15) is 72.9 Å². The van der Waals surface area contributed by atoms with Crippen LogP contribution >= 0.6 is 46.7 Å². The third-order valence-electron chi connectivity index (χ3n) is 11.8. The molecule has 1 amide bonds. The van der Waals surface area contributed by atoms with E-state index < -0.39 is 123 Å². The normalized spacial score (nSPS) is 17.3. The molecule has 1 aromatic heterocycles. The highest BCUT2D eigenvalue weighted by atomic mass is 35.5. The Kier molecular flexibility index (Phi) is 18.3. The van der Waals surface area contributed by atoms with Crippen molar-refractivity contribution in [3.8, 4) is 51.5 Å². The van der Waals surface area contributed by atoms with Gasteiger partial charge in [0.15, 0.2) is 28.6 Å². The topological polar surface area (TPSA) is 432 Å². The van der Waals surface area contributed by atoms with Crippen molar-refractivity contribution >= 4 is 75.2 Å². The van der Waals surface area contributed by atoms with Crippen LogP contribution in [0.5, 0.6) is 17.2 Å². The first kappa shape index (κ1) is 60.8. The maximum Gasteiger partial charge on any atom is 0.490 e. The van der Waals surface area contributed by atoms with Crippen LogP contribution in [-0.4, -0.2) is 101 Å². The number of phenols is 1. The molecule has 6 atom stereocenters. The van der Waals surface area contributed by atoms with E-state index in [1.807, 2.05) is 0 Å². The molecule has 3 heterocycles. The lowest BCUT2D eigenvalue weighted by Crippen LogP contribution is -2.34. The van der Waals surface area contributed by atoms with Gasteiger partial charge in [-0.1, -0.05) is 48.9 Å². The van der Waals surface area contributed by atoms with E-state index in [0.29, 0.717) is 0 Å². The minimum atomic E-state index is -5.86. The minimum Gasteiger partial charge on any atom is -0.503 e. The zero-order chi connectivity index (χ0) is 58.9. The van der Waals surface area contributed by atoms with E-state index in [4.69, 9.17) is 56.4 Å². The number of ether oxygens (including phenoxy) is 4. The molecule has 4 aromatic rings. The summed E-state index contributed by atoms with van der Waals surface area (Å²) in [5.74, 6) is 1.58. The Morgan fingerprint density at radius 3 is 2.30 bits per heavy atom. The number of carboxylic acid groups (broad SMARTS) is 1. The number of aromatic hydroxyl groups is 1. The van der Waals surface area contributed by atoms with E-state index in [2.05, 4.69) is 35.3 Å². The number of rotatable bonds is 20. The predicted octanol–water partition coefficient (Wildman–Crippen LogP) is 5.74. The molecule has 1 saturated heterocycles. The second-order valence-corrected chi connectivity index (χ2v) is 22.6. The number of benzene rings is 4. The molecular formula is C46H43Cl2N4O25P3. The number of aromatic carboxylic acids is 1. The standard InChI is InChI=1S/C46H43Cl2N4O25P3/c1-20(2)40(72-18-23-17-51(46(60)50-44(23)57)34-16-30(53)33(74-34)19-73-79(66,67)77-80(68,69)76-78(63,64)65)25-9-7-21(12-29(25)52(61)62)6-5-11-49-43(56)22-8-10-24(45(58)59)26(13-22)35-27-14-31(70-3)38(54)36(47)41(27)75-42-28(35)15-32(71-4)39(55)37(42)48/h7-10,12-15,17,20,30,33-34,40,53-54H,11,16,18-19H2,1-4H3,(H,49,56)(H,58,59)(H,66,67)(H,68,69)(H,50,57,60)(H2,63,64,65)/t30-,33+,34+,40?/m0/s1. The highest BCUT2D eigenvalue weighted by Crippen LogP contribution is 2.66. The molecule has 1 aliphatic carbocycles. The summed E-state index contributed by atoms with van der Waals surface area (Å²) in [6.07, 6.45) is -4.92. The van der Waals surface area contributed by atoms with E-state index in [1.54, 1.807) is 13.8 Å². The molecule has 80 heavy (non-hydrogen) atoms. The Balaban J connectivity index is 1.08. The van der Waals surface area contributed by atoms with Gasteiger partial charge in [0, 0.05) is 46.3 Å². The van der Waals surface area contributed by atoms with Crippen molar-refractivity contribution in [3.05, 3.63) is 134 Å². The predicted molar refractivity (Wildman–Crippen MR) is 277 cm³/mol. The number of aliphatic hydroxyl groups excluding tert-OH is 1. The molecule has 9 N–H and O–H groups in total. The van der Waals surface area contributed by atoms with Crippen LogP contribution in [-0.2, 0) is 42.9 Å². The summed E-state index contributed by atoms with van der Waals surface area (Å²) in [6, 6.07) is 10.1. The zero-order valence-electron chi connectivity index (χ0n) is 41.4. The number of fused-ring (bicyclic) bond motifs is 2. The number of nitrogens with zero attached hydrogens (tertiary/aromatic N) is 2. The van der Waals surface area contributed by atoms with Crippen molar-refractivity contribution < 1.29 is 99.6 Å². The number of nitrogens with one attached hydrogen (secondary N) is 2. The average molecular weight is 1220 g/mol. The molecule has 0 radical (unpaired) electrons. The van der Waals surface area contributed by atoms with E-state index in [1.165, 1.54) is 50.6 Å². The fourth-order valence-corrected chi connectivity index (χ4v) is 11.7. The number of nitro benzene ring substituents is 1. The molecule has 34 heteroatoms. The lowest BCUT2D eigenvalue weighted by Gasteiger charge is -2.22. The van der Waals surface area contributed by atoms with Crippen molar-refractivity contribution in [3.63, 3.8) is 0 Å². The number of aliphatic hydroxyl groups is 1. The van der Waals surface area contributed by atoms with Gasteiger partial charge in [0.05, 0.1) is 67.8 Å². The number of phenolic OH excluding ortho intramolecular Hbond substituents is 1. The lowest BCUT2D eigenvalue weighted by atomic mass is 9.89. The number of phosphoric ester groups is 1. The lowest BCUT2D eigenvalue weighted by molar-refractivity contribution is -0.386. The number of aromatic nitrogens is 2. The van der Waals surface area contributed by atoms with Crippen LogP contribution < -0.4 is 31.5 Å². The Morgan fingerprint density at radius 2 is 1.66 bits per heavy atom. The van der Waals surface area contributed by atoms with Gasteiger partial charge in [0.2, 0.25) is 5.43 Å². The number of nitro groups is 1. The highest BCUT2D eigenvalue weighted by Gasteiger charge is 2.43. The highest BCUT2D eigenvalue weighted by molar-refractivity contribution is 7.66. The second-order valence-electron chi connectivity index (χ2n) is 17.4. The van der Waals surface area contributed by atoms with Gasteiger partial charge in [0.1, 0.15) is 22.4 Å². The Labute approximate surface area is 458 Å². The zero-order valence-corrected chi connectivity index (χ0v) is 45.6. The van der Waals surface area contributed by atoms with Crippen LogP contribution in [0, 0.1) is 27.9 Å². The monoisotopic (exact) mass is 1210 g/mol. The second kappa shape index (κ2) is 24.1. The summed E-state index contributed by atoms with van der Waals surface area (Å²) in [5, 5.41) is 46.0. The molecule has 0 spiro atoms. The number of carbonyl (C=O) groups excluding carboxylic acids is 1. The molecule has 29 nitrogen and oxygen atoms in total. The number of amides is 1. The number of carbonyl (C=O) groups is 2. The van der Waals surface area contributed by atoms with E-state index in [0.717, 1.165) is 22.9 Å². The number of methoxy groups -OCH3 is 2. The number of H-pyrrole nitrogens is 1. The smallest absolute Gasteiger partial charge is 0.490 e. The first-order valence-corrected chi connectivity index (χ1v) is 28.0. The van der Waals surface area contributed by atoms with Crippen LogP contribution in [0.3, 0.4) is 0 Å². The maximum atomic E-state index is 13.7. The summed E-state index contributed by atoms with van der Waals surface area (Å²) < 4.78 is 75.6. The minimum absolute atomic E-state index is 0.0411. The number of carboxylic acids is 1. The van der Waals surface area contributed by atoms with E-state index in [-0.39, 0.29) is 84.3 Å².